The molecule has 1 amide bonds. The molecule has 0 bridgehead atoms. The van der Waals surface area contributed by atoms with Crippen LogP contribution in [0.3, 0.4) is 0 Å². The van der Waals surface area contributed by atoms with E-state index in [1.165, 1.54) is 12.1 Å². The molecule has 1 saturated heterocycles. The summed E-state index contributed by atoms with van der Waals surface area (Å²) in [6.45, 7) is 5.20. The van der Waals surface area contributed by atoms with Crippen molar-refractivity contribution in [1.82, 2.24) is 4.90 Å². The third-order valence-electron chi connectivity index (χ3n) is 5.18. The topological polar surface area (TPSA) is 40.5 Å². The van der Waals surface area contributed by atoms with Gasteiger partial charge in [-0.15, -0.1) is 0 Å². The third kappa shape index (κ3) is 3.74. The van der Waals surface area contributed by atoms with Gasteiger partial charge in [-0.3, -0.25) is 4.79 Å². The summed E-state index contributed by atoms with van der Waals surface area (Å²) in [5, 5.41) is 10.5. The van der Waals surface area contributed by atoms with E-state index in [1.807, 2.05) is 36.9 Å². The Morgan fingerprint density at radius 3 is 2.20 bits per heavy atom. The minimum atomic E-state index is -0.613. The summed E-state index contributed by atoms with van der Waals surface area (Å²) in [6, 6.07) is 11.9. The molecule has 0 spiro atoms. The fourth-order valence-corrected chi connectivity index (χ4v) is 3.66. The van der Waals surface area contributed by atoms with Crippen LogP contribution in [-0.2, 0) is 0 Å². The minimum absolute atomic E-state index is 0.0744. The van der Waals surface area contributed by atoms with Crippen LogP contribution < -0.4 is 0 Å². The van der Waals surface area contributed by atoms with Crippen LogP contribution >= 0.6 is 0 Å². The lowest BCUT2D eigenvalue weighted by atomic mass is 9.87. The maximum absolute atomic E-state index is 13.0. The van der Waals surface area contributed by atoms with E-state index in [1.54, 1.807) is 12.1 Å². The SMILES string of the molecule is Cc1cccc(C)c1C(=O)N1CCC(C(O)c2ccc(F)cc2)CC1. The number of aliphatic hydroxyl groups is 1. The van der Waals surface area contributed by atoms with Gasteiger partial charge in [-0.1, -0.05) is 30.3 Å². The second-order valence-corrected chi connectivity index (χ2v) is 6.89. The number of aryl methyl sites for hydroxylation is 2. The number of nitrogens with zero attached hydrogens (tertiary/aromatic N) is 1. The Kier molecular flexibility index (Phi) is 5.19. The van der Waals surface area contributed by atoms with E-state index in [-0.39, 0.29) is 17.6 Å². The highest BCUT2D eigenvalue weighted by molar-refractivity contribution is 5.97. The number of rotatable bonds is 3. The van der Waals surface area contributed by atoms with Crippen LogP contribution in [0.4, 0.5) is 4.39 Å². The van der Waals surface area contributed by atoms with Gasteiger partial charge in [-0.25, -0.2) is 4.39 Å². The molecule has 132 valence electrons. The molecule has 4 heteroatoms. The number of carbonyl (C=O) groups is 1. The van der Waals surface area contributed by atoms with Crippen LogP contribution in [0.5, 0.6) is 0 Å². The molecule has 1 aliphatic rings. The van der Waals surface area contributed by atoms with Gasteiger partial charge in [-0.05, 0) is 61.4 Å². The Hall–Kier alpha value is -2.20. The zero-order chi connectivity index (χ0) is 18.0. The Balaban J connectivity index is 1.65. The molecule has 1 fully saturated rings. The van der Waals surface area contributed by atoms with Gasteiger partial charge in [0.05, 0.1) is 6.10 Å². The van der Waals surface area contributed by atoms with Crippen LogP contribution in [0.2, 0.25) is 0 Å². The smallest absolute Gasteiger partial charge is 0.254 e. The van der Waals surface area contributed by atoms with Gasteiger partial charge in [-0.2, -0.15) is 0 Å². The summed E-state index contributed by atoms with van der Waals surface area (Å²) in [6.07, 6.45) is 0.878. The first-order chi connectivity index (χ1) is 12.0. The van der Waals surface area contributed by atoms with Crippen molar-refractivity contribution in [3.8, 4) is 0 Å². The van der Waals surface area contributed by atoms with Gasteiger partial charge in [0.1, 0.15) is 5.82 Å². The van der Waals surface area contributed by atoms with E-state index in [0.717, 1.165) is 35.1 Å². The molecular formula is C21H24FNO2. The molecule has 25 heavy (non-hydrogen) atoms. The summed E-state index contributed by atoms with van der Waals surface area (Å²) in [4.78, 5) is 14.7. The molecule has 0 aromatic heterocycles. The molecule has 3 rings (SSSR count). The maximum Gasteiger partial charge on any atom is 0.254 e. The van der Waals surface area contributed by atoms with E-state index in [0.29, 0.717) is 13.1 Å². The lowest BCUT2D eigenvalue weighted by Gasteiger charge is -2.35. The standard InChI is InChI=1S/C21H24FNO2/c1-14-4-3-5-15(2)19(14)21(25)23-12-10-17(11-13-23)20(24)16-6-8-18(22)9-7-16/h3-9,17,20,24H,10-13H2,1-2H3. The molecule has 3 nitrogen and oxygen atoms in total. The molecule has 1 heterocycles. The van der Waals surface area contributed by atoms with E-state index in [2.05, 4.69) is 0 Å². The van der Waals surface area contributed by atoms with Crippen molar-refractivity contribution in [3.63, 3.8) is 0 Å². The summed E-state index contributed by atoms with van der Waals surface area (Å²) in [7, 11) is 0. The highest BCUT2D eigenvalue weighted by atomic mass is 19.1. The summed E-state index contributed by atoms with van der Waals surface area (Å²) in [5.41, 5.74) is 3.53. The first-order valence-corrected chi connectivity index (χ1v) is 8.76. The summed E-state index contributed by atoms with van der Waals surface area (Å²) in [5.74, 6) is -0.136. The predicted molar refractivity (Wildman–Crippen MR) is 95.9 cm³/mol. The average Bonchev–Trinajstić information content (AvgIpc) is 2.61. The van der Waals surface area contributed by atoms with Gasteiger partial charge in [0.2, 0.25) is 0 Å². The third-order valence-corrected chi connectivity index (χ3v) is 5.18. The summed E-state index contributed by atoms with van der Waals surface area (Å²) >= 11 is 0. The highest BCUT2D eigenvalue weighted by Crippen LogP contribution is 2.31. The molecule has 0 aliphatic carbocycles. The first kappa shape index (κ1) is 17.6. The summed E-state index contributed by atoms with van der Waals surface area (Å²) < 4.78 is 13.0. The van der Waals surface area contributed by atoms with Gasteiger partial charge in [0, 0.05) is 18.7 Å². The first-order valence-electron chi connectivity index (χ1n) is 8.76. The van der Waals surface area contributed by atoms with Crippen LogP contribution in [0, 0.1) is 25.6 Å². The molecule has 1 N–H and O–H groups in total. The zero-order valence-corrected chi connectivity index (χ0v) is 14.7. The van der Waals surface area contributed by atoms with Crippen molar-refractivity contribution in [1.29, 1.82) is 0 Å². The van der Waals surface area contributed by atoms with Crippen molar-refractivity contribution in [2.45, 2.75) is 32.8 Å². The number of benzene rings is 2. The molecule has 0 saturated carbocycles. The monoisotopic (exact) mass is 341 g/mol. The van der Waals surface area contributed by atoms with Crippen molar-refractivity contribution >= 4 is 5.91 Å². The van der Waals surface area contributed by atoms with Gasteiger partial charge in [0.25, 0.3) is 5.91 Å². The van der Waals surface area contributed by atoms with Crippen LogP contribution in [-0.4, -0.2) is 29.0 Å². The number of aliphatic hydroxyl groups excluding tert-OH is 1. The van der Waals surface area contributed by atoms with Crippen LogP contribution in [0.1, 0.15) is 46.0 Å². The van der Waals surface area contributed by atoms with Crippen molar-refractivity contribution in [2.24, 2.45) is 5.92 Å². The molecule has 1 unspecified atom stereocenters. The fraction of sp³-hybridized carbons (Fsp3) is 0.381. The number of halogens is 1. The highest BCUT2D eigenvalue weighted by Gasteiger charge is 2.29. The second-order valence-electron chi connectivity index (χ2n) is 6.89. The number of likely N-dealkylation sites (tertiary alicyclic amines) is 1. The van der Waals surface area contributed by atoms with Crippen molar-refractivity contribution in [2.75, 3.05) is 13.1 Å². The Labute approximate surface area is 148 Å². The van der Waals surface area contributed by atoms with E-state index < -0.39 is 6.10 Å². The number of amides is 1. The number of hydrogen-bond donors (Lipinski definition) is 1. The molecule has 1 atom stereocenters. The number of hydrogen-bond acceptors (Lipinski definition) is 2. The van der Waals surface area contributed by atoms with Crippen molar-refractivity contribution < 1.29 is 14.3 Å². The molecule has 0 radical (unpaired) electrons. The van der Waals surface area contributed by atoms with E-state index in [4.69, 9.17) is 0 Å². The molecule has 1 aliphatic heterocycles. The minimum Gasteiger partial charge on any atom is -0.388 e. The number of carbonyl (C=O) groups excluding carboxylic acids is 1. The van der Waals surface area contributed by atoms with Crippen molar-refractivity contribution in [3.05, 3.63) is 70.5 Å². The second kappa shape index (κ2) is 7.36. The quantitative estimate of drug-likeness (QED) is 0.916. The number of piperidine rings is 1. The Morgan fingerprint density at radius 1 is 1.08 bits per heavy atom. The van der Waals surface area contributed by atoms with Gasteiger partial charge in [0.15, 0.2) is 0 Å². The molecule has 2 aromatic rings. The van der Waals surface area contributed by atoms with Crippen LogP contribution in [0.25, 0.3) is 0 Å². The predicted octanol–water partition coefficient (Wildman–Crippen LogP) is 4.03. The van der Waals surface area contributed by atoms with Gasteiger partial charge < -0.3 is 10.0 Å². The lowest BCUT2D eigenvalue weighted by Crippen LogP contribution is -2.40. The lowest BCUT2D eigenvalue weighted by molar-refractivity contribution is 0.0461. The largest absolute Gasteiger partial charge is 0.388 e. The normalized spacial score (nSPS) is 16.7. The fourth-order valence-electron chi connectivity index (χ4n) is 3.66. The molecule has 2 aromatic carbocycles. The maximum atomic E-state index is 13.0. The molecular weight excluding hydrogens is 317 g/mol. The Bertz CT molecular complexity index is 729. The Morgan fingerprint density at radius 2 is 1.64 bits per heavy atom. The zero-order valence-electron chi connectivity index (χ0n) is 14.7. The average molecular weight is 341 g/mol. The van der Waals surface area contributed by atoms with E-state index in [9.17, 15) is 14.3 Å². The van der Waals surface area contributed by atoms with E-state index >= 15 is 0 Å². The van der Waals surface area contributed by atoms with Crippen LogP contribution in [0.15, 0.2) is 42.5 Å². The van der Waals surface area contributed by atoms with Gasteiger partial charge >= 0.3 is 0 Å².